The van der Waals surface area contributed by atoms with Gasteiger partial charge in [0.05, 0.1) is 22.5 Å². The van der Waals surface area contributed by atoms with Crippen molar-refractivity contribution in [3.8, 4) is 0 Å². The molecule has 30 heavy (non-hydrogen) atoms. The monoisotopic (exact) mass is 412 g/mol. The molecule has 1 aromatic carbocycles. The third kappa shape index (κ3) is 4.09. The number of allylic oxidation sites excluding steroid dienone is 1. The Morgan fingerprint density at radius 3 is 1.87 bits per heavy atom. The van der Waals surface area contributed by atoms with Crippen molar-refractivity contribution in [1.29, 1.82) is 0 Å². The normalized spacial score (nSPS) is 25.3. The van der Waals surface area contributed by atoms with Crippen molar-refractivity contribution >= 4 is 35.8 Å². The van der Waals surface area contributed by atoms with Gasteiger partial charge in [-0.2, -0.15) is 0 Å². The summed E-state index contributed by atoms with van der Waals surface area (Å²) < 4.78 is 12.9. The minimum absolute atomic E-state index is 0.241. The molecule has 0 amide bonds. The number of esters is 6. The van der Waals surface area contributed by atoms with Crippen molar-refractivity contribution < 1.29 is 43.0 Å². The quantitative estimate of drug-likeness (QED) is 0.270. The van der Waals surface area contributed by atoms with Gasteiger partial charge < -0.3 is 14.2 Å². The van der Waals surface area contributed by atoms with Gasteiger partial charge in [-0.25, -0.2) is 19.2 Å². The molecule has 0 aromatic heterocycles. The molecule has 9 heteroatoms. The molecule has 1 saturated heterocycles. The van der Waals surface area contributed by atoms with Crippen LogP contribution in [0.5, 0.6) is 0 Å². The van der Waals surface area contributed by atoms with Gasteiger partial charge >= 0.3 is 35.8 Å². The first-order valence-electron chi connectivity index (χ1n) is 8.95. The second kappa shape index (κ2) is 8.24. The smallest absolute Gasteiger partial charge is 0.346 e. The summed E-state index contributed by atoms with van der Waals surface area (Å²) in [5.41, 5.74) is 0.0463. The van der Waals surface area contributed by atoms with Crippen LogP contribution in [0.1, 0.15) is 40.5 Å². The summed E-state index contributed by atoms with van der Waals surface area (Å²) in [5.74, 6) is -3.25. The Morgan fingerprint density at radius 1 is 0.833 bits per heavy atom. The fourth-order valence-corrected chi connectivity index (χ4v) is 3.19. The fraction of sp³-hybridized carbons (Fsp3) is 0.238. The number of cyclic esters (lactones) is 6. The molecule has 0 bridgehead atoms. The molecule has 5 rings (SSSR count). The van der Waals surface area contributed by atoms with Crippen LogP contribution in [0, 0.1) is 11.3 Å². The molecule has 0 saturated carbocycles. The molecule has 1 aromatic rings. The number of carbonyl (C=O) groups is 6. The highest BCUT2D eigenvalue weighted by Gasteiger charge is 2.53. The molecule has 0 N–H and O–H groups in total. The molecule has 154 valence electrons. The first-order valence-corrected chi connectivity index (χ1v) is 8.95. The van der Waals surface area contributed by atoms with Crippen LogP contribution in [0.3, 0.4) is 0 Å². The summed E-state index contributed by atoms with van der Waals surface area (Å²) in [7, 11) is 0. The van der Waals surface area contributed by atoms with Crippen LogP contribution in [0.2, 0.25) is 0 Å². The van der Waals surface area contributed by atoms with E-state index >= 15 is 0 Å². The second-order valence-electron chi connectivity index (χ2n) is 6.82. The highest BCUT2D eigenvalue weighted by atomic mass is 16.6. The van der Waals surface area contributed by atoms with E-state index in [1.54, 1.807) is 37.3 Å². The predicted molar refractivity (Wildman–Crippen MR) is 97.5 cm³/mol. The average molecular weight is 412 g/mol. The minimum atomic E-state index is -0.671. The predicted octanol–water partition coefficient (Wildman–Crippen LogP) is 1.67. The van der Waals surface area contributed by atoms with Gasteiger partial charge in [0, 0.05) is 12.2 Å². The molecular weight excluding hydrogens is 396 g/mol. The maximum Gasteiger partial charge on any atom is 0.346 e. The molecule has 2 unspecified atom stereocenters. The number of hydrogen-bond acceptors (Lipinski definition) is 9. The number of hydrogen-bond donors (Lipinski definition) is 0. The summed E-state index contributed by atoms with van der Waals surface area (Å²) in [4.78, 5) is 63.9. The van der Waals surface area contributed by atoms with Gasteiger partial charge in [0.25, 0.3) is 0 Å². The molecule has 1 fully saturated rings. The maximum atomic E-state index is 11.2. The Bertz CT molecular complexity index is 968. The van der Waals surface area contributed by atoms with Crippen LogP contribution in [0.15, 0.2) is 48.6 Å². The van der Waals surface area contributed by atoms with E-state index < -0.39 is 35.3 Å². The summed E-state index contributed by atoms with van der Waals surface area (Å²) in [6.07, 6.45) is 7.51. The van der Waals surface area contributed by atoms with Gasteiger partial charge in [-0.05, 0) is 31.9 Å². The third-order valence-corrected chi connectivity index (χ3v) is 4.84. The van der Waals surface area contributed by atoms with Gasteiger partial charge in [-0.3, -0.25) is 9.59 Å². The van der Waals surface area contributed by atoms with Crippen LogP contribution in [-0.4, -0.2) is 35.8 Å². The number of carbonyl (C=O) groups excluding carboxylic acids is 6. The van der Waals surface area contributed by atoms with E-state index in [-0.39, 0.29) is 11.9 Å². The van der Waals surface area contributed by atoms with Crippen molar-refractivity contribution in [2.45, 2.75) is 19.8 Å². The highest BCUT2D eigenvalue weighted by molar-refractivity contribution is 6.14. The van der Waals surface area contributed by atoms with E-state index in [0.717, 1.165) is 25.0 Å². The topological polar surface area (TPSA) is 130 Å². The minimum Gasteiger partial charge on any atom is -0.392 e. The number of rotatable bonds is 0. The number of fused-ring (bicyclic) bond motifs is 2. The zero-order valence-electron chi connectivity index (χ0n) is 15.8. The summed E-state index contributed by atoms with van der Waals surface area (Å²) in [6.45, 7) is 1.76. The Morgan fingerprint density at radius 2 is 1.40 bits per heavy atom. The Labute approximate surface area is 170 Å². The Kier molecular flexibility index (Phi) is 5.72. The van der Waals surface area contributed by atoms with E-state index in [1.807, 2.05) is 6.08 Å². The summed E-state index contributed by atoms with van der Waals surface area (Å²) in [6, 6.07) is 6.53. The van der Waals surface area contributed by atoms with Crippen molar-refractivity contribution in [2.75, 3.05) is 0 Å². The molecule has 4 aliphatic rings. The van der Waals surface area contributed by atoms with Crippen LogP contribution in [-0.2, 0) is 33.4 Å². The molecular formula is C21H16O9. The zero-order chi connectivity index (χ0) is 21.9. The highest BCUT2D eigenvalue weighted by Crippen LogP contribution is 2.43. The van der Waals surface area contributed by atoms with E-state index in [0.29, 0.717) is 11.1 Å². The molecule has 3 heterocycles. The van der Waals surface area contributed by atoms with Gasteiger partial charge in [0.15, 0.2) is 0 Å². The van der Waals surface area contributed by atoms with E-state index in [2.05, 4.69) is 14.2 Å². The van der Waals surface area contributed by atoms with Crippen LogP contribution in [0.25, 0.3) is 0 Å². The molecule has 1 aliphatic carbocycles. The molecule has 3 aliphatic heterocycles. The van der Waals surface area contributed by atoms with Crippen molar-refractivity contribution in [3.05, 3.63) is 59.7 Å². The lowest BCUT2D eigenvalue weighted by atomic mass is 9.73. The lowest BCUT2D eigenvalue weighted by Crippen LogP contribution is -2.30. The van der Waals surface area contributed by atoms with E-state index in [4.69, 9.17) is 0 Å². The number of benzene rings is 1. The largest absolute Gasteiger partial charge is 0.392 e. The first kappa shape index (κ1) is 20.8. The van der Waals surface area contributed by atoms with Crippen molar-refractivity contribution in [3.63, 3.8) is 0 Å². The lowest BCUT2D eigenvalue weighted by Gasteiger charge is -2.24. The van der Waals surface area contributed by atoms with Crippen LogP contribution < -0.4 is 0 Å². The van der Waals surface area contributed by atoms with Crippen LogP contribution in [0.4, 0.5) is 0 Å². The van der Waals surface area contributed by atoms with Gasteiger partial charge in [0.2, 0.25) is 0 Å². The lowest BCUT2D eigenvalue weighted by molar-refractivity contribution is -0.155. The molecule has 2 atom stereocenters. The van der Waals surface area contributed by atoms with Crippen molar-refractivity contribution in [2.24, 2.45) is 11.3 Å². The summed E-state index contributed by atoms with van der Waals surface area (Å²) in [5, 5.41) is 0. The standard InChI is InChI=1S/C9H10O3.C8H4O3.C4H2O3/c1-9-5-3-2-4-6(9)7(10)12-8(9)11;9-7-5-3-1-2-4-6(5)8(10)11-7;5-3-1-2-4(6)7-3/h3,5-6H,2,4H2,1H3;1-4H;1-2H. The Balaban J connectivity index is 0.000000133. The van der Waals surface area contributed by atoms with Crippen LogP contribution >= 0.6 is 0 Å². The third-order valence-electron chi connectivity index (χ3n) is 4.84. The fourth-order valence-electron chi connectivity index (χ4n) is 3.19. The second-order valence-corrected chi connectivity index (χ2v) is 6.82. The average Bonchev–Trinajstić information content (AvgIpc) is 3.31. The van der Waals surface area contributed by atoms with E-state index in [9.17, 15) is 28.8 Å². The maximum absolute atomic E-state index is 11.2. The first-order chi connectivity index (χ1) is 14.2. The van der Waals surface area contributed by atoms with Crippen molar-refractivity contribution in [1.82, 2.24) is 0 Å². The SMILES string of the molecule is CC12C=CCCC1C(=O)OC2=O.O=C1C=CC(=O)O1.O=C1OC(=O)c2ccccc21. The Hall–Kier alpha value is -3.88. The molecule has 0 radical (unpaired) electrons. The molecule has 9 nitrogen and oxygen atoms in total. The van der Waals surface area contributed by atoms with Gasteiger partial charge in [-0.15, -0.1) is 0 Å². The van der Waals surface area contributed by atoms with Gasteiger partial charge in [0.1, 0.15) is 0 Å². The zero-order valence-corrected chi connectivity index (χ0v) is 15.8. The van der Waals surface area contributed by atoms with E-state index in [1.165, 1.54) is 0 Å². The summed E-state index contributed by atoms with van der Waals surface area (Å²) >= 11 is 0. The number of ether oxygens (including phenoxy) is 3. The van der Waals surface area contributed by atoms with Gasteiger partial charge in [-0.1, -0.05) is 24.3 Å². The molecule has 0 spiro atoms.